The molecule has 0 aromatic heterocycles. The summed E-state index contributed by atoms with van der Waals surface area (Å²) in [5.74, 6) is 0.105. The first-order chi connectivity index (χ1) is 8.36. The van der Waals surface area contributed by atoms with E-state index in [4.69, 9.17) is 5.11 Å². The standard InChI is InChI=1S/C12H18BrNO3S/c1-9-3-4-11(13)12(7-9)18(16,17)14-8-10(2)5-6-15/h3-4,7,10,14-15H,5-6,8H2,1-2H3. The first-order valence-electron chi connectivity index (χ1n) is 5.73. The Morgan fingerprint density at radius 3 is 2.72 bits per heavy atom. The second kappa shape index (κ2) is 6.65. The van der Waals surface area contributed by atoms with E-state index in [1.54, 1.807) is 12.1 Å². The van der Waals surface area contributed by atoms with E-state index in [1.807, 2.05) is 19.9 Å². The number of halogens is 1. The molecule has 6 heteroatoms. The Kier molecular flexibility index (Phi) is 5.78. The van der Waals surface area contributed by atoms with Gasteiger partial charge in [0.15, 0.2) is 0 Å². The van der Waals surface area contributed by atoms with Crippen molar-refractivity contribution in [2.24, 2.45) is 5.92 Å². The molecule has 1 rings (SSSR count). The summed E-state index contributed by atoms with van der Waals surface area (Å²) in [6.07, 6.45) is 0.581. The van der Waals surface area contributed by atoms with Crippen LogP contribution in [0.5, 0.6) is 0 Å². The van der Waals surface area contributed by atoms with Gasteiger partial charge in [0.2, 0.25) is 10.0 Å². The number of aliphatic hydroxyl groups is 1. The van der Waals surface area contributed by atoms with E-state index in [0.29, 0.717) is 17.4 Å². The SMILES string of the molecule is Cc1ccc(Br)c(S(=O)(=O)NCC(C)CCO)c1. The normalized spacial score (nSPS) is 13.6. The van der Waals surface area contributed by atoms with Crippen LogP contribution in [0.2, 0.25) is 0 Å². The third-order valence-corrected chi connectivity index (χ3v) is 5.04. The number of aliphatic hydroxyl groups excluding tert-OH is 1. The van der Waals surface area contributed by atoms with Gasteiger partial charge < -0.3 is 5.11 Å². The maximum atomic E-state index is 12.1. The molecule has 1 unspecified atom stereocenters. The van der Waals surface area contributed by atoms with Crippen molar-refractivity contribution < 1.29 is 13.5 Å². The topological polar surface area (TPSA) is 66.4 Å². The molecule has 1 atom stereocenters. The summed E-state index contributed by atoms with van der Waals surface area (Å²) >= 11 is 3.24. The van der Waals surface area contributed by atoms with Crippen LogP contribution in [0, 0.1) is 12.8 Å². The van der Waals surface area contributed by atoms with Crippen molar-refractivity contribution in [3.63, 3.8) is 0 Å². The molecule has 0 heterocycles. The van der Waals surface area contributed by atoms with Crippen molar-refractivity contribution in [1.29, 1.82) is 0 Å². The minimum atomic E-state index is -3.51. The minimum Gasteiger partial charge on any atom is -0.396 e. The van der Waals surface area contributed by atoms with Crippen LogP contribution >= 0.6 is 15.9 Å². The Hall–Kier alpha value is -0.430. The number of hydrogen-bond donors (Lipinski definition) is 2. The average Bonchev–Trinajstić information content (AvgIpc) is 2.30. The third-order valence-electron chi connectivity index (χ3n) is 2.62. The predicted molar refractivity (Wildman–Crippen MR) is 74.9 cm³/mol. The maximum Gasteiger partial charge on any atom is 0.241 e. The number of sulfonamides is 1. The van der Waals surface area contributed by atoms with Crippen LogP contribution in [0.15, 0.2) is 27.6 Å². The highest BCUT2D eigenvalue weighted by Gasteiger charge is 2.18. The Morgan fingerprint density at radius 1 is 1.44 bits per heavy atom. The van der Waals surface area contributed by atoms with E-state index < -0.39 is 10.0 Å². The van der Waals surface area contributed by atoms with Crippen LogP contribution in [0.3, 0.4) is 0 Å². The van der Waals surface area contributed by atoms with Gasteiger partial charge in [0.05, 0.1) is 4.90 Å². The van der Waals surface area contributed by atoms with Gasteiger partial charge in [-0.2, -0.15) is 0 Å². The summed E-state index contributed by atoms with van der Waals surface area (Å²) in [6, 6.07) is 5.20. The number of hydrogen-bond acceptors (Lipinski definition) is 3. The number of aryl methyl sites for hydroxylation is 1. The molecule has 0 aliphatic rings. The van der Waals surface area contributed by atoms with Gasteiger partial charge in [0.1, 0.15) is 0 Å². The van der Waals surface area contributed by atoms with Crippen molar-refractivity contribution >= 4 is 26.0 Å². The fraction of sp³-hybridized carbons (Fsp3) is 0.500. The largest absolute Gasteiger partial charge is 0.396 e. The highest BCUT2D eigenvalue weighted by Crippen LogP contribution is 2.22. The molecule has 0 fully saturated rings. The zero-order valence-electron chi connectivity index (χ0n) is 10.5. The van der Waals surface area contributed by atoms with Gasteiger partial charge in [-0.3, -0.25) is 0 Å². The molecule has 0 radical (unpaired) electrons. The summed E-state index contributed by atoms with van der Waals surface area (Å²) in [5.41, 5.74) is 0.891. The summed E-state index contributed by atoms with van der Waals surface area (Å²) in [4.78, 5) is 0.249. The van der Waals surface area contributed by atoms with Gasteiger partial charge in [-0.25, -0.2) is 13.1 Å². The van der Waals surface area contributed by atoms with Crippen molar-refractivity contribution in [2.75, 3.05) is 13.2 Å². The van der Waals surface area contributed by atoms with Crippen LogP contribution in [0.4, 0.5) is 0 Å². The van der Waals surface area contributed by atoms with Crippen LogP contribution in [-0.4, -0.2) is 26.7 Å². The lowest BCUT2D eigenvalue weighted by atomic mass is 10.1. The molecule has 0 aliphatic heterocycles. The molecular formula is C12H18BrNO3S. The molecule has 0 spiro atoms. The first kappa shape index (κ1) is 15.6. The number of benzene rings is 1. The predicted octanol–water partition coefficient (Wildman–Crippen LogP) is 2.05. The first-order valence-corrected chi connectivity index (χ1v) is 8.01. The van der Waals surface area contributed by atoms with Gasteiger partial charge in [-0.15, -0.1) is 0 Å². The van der Waals surface area contributed by atoms with E-state index in [0.717, 1.165) is 5.56 Å². The molecule has 1 aromatic rings. The van der Waals surface area contributed by atoms with Gasteiger partial charge in [-0.05, 0) is 52.9 Å². The Bertz CT molecular complexity index is 502. The summed E-state index contributed by atoms with van der Waals surface area (Å²) in [5, 5.41) is 8.78. The van der Waals surface area contributed by atoms with Gasteiger partial charge >= 0.3 is 0 Å². The van der Waals surface area contributed by atoms with E-state index >= 15 is 0 Å². The lowest BCUT2D eigenvalue weighted by Gasteiger charge is -2.13. The van der Waals surface area contributed by atoms with Crippen molar-refractivity contribution in [3.05, 3.63) is 28.2 Å². The lowest BCUT2D eigenvalue weighted by molar-refractivity contribution is 0.263. The Balaban J connectivity index is 2.83. The molecule has 4 nitrogen and oxygen atoms in total. The fourth-order valence-electron chi connectivity index (χ4n) is 1.47. The Labute approximate surface area is 117 Å². The maximum absolute atomic E-state index is 12.1. The van der Waals surface area contributed by atoms with Crippen molar-refractivity contribution in [1.82, 2.24) is 4.72 Å². The van der Waals surface area contributed by atoms with E-state index in [2.05, 4.69) is 20.7 Å². The zero-order valence-corrected chi connectivity index (χ0v) is 12.9. The monoisotopic (exact) mass is 335 g/mol. The molecule has 1 aromatic carbocycles. The molecule has 0 aliphatic carbocycles. The molecule has 102 valence electrons. The average molecular weight is 336 g/mol. The molecule has 2 N–H and O–H groups in total. The second-order valence-corrected chi connectivity index (χ2v) is 6.99. The third kappa shape index (κ3) is 4.35. The van der Waals surface area contributed by atoms with Gasteiger partial charge in [-0.1, -0.05) is 13.0 Å². The van der Waals surface area contributed by atoms with Crippen LogP contribution in [-0.2, 0) is 10.0 Å². The van der Waals surface area contributed by atoms with E-state index in [9.17, 15) is 8.42 Å². The quantitative estimate of drug-likeness (QED) is 0.836. The molecular weight excluding hydrogens is 318 g/mol. The zero-order chi connectivity index (χ0) is 13.8. The molecule has 0 saturated heterocycles. The molecule has 0 amide bonds. The van der Waals surface area contributed by atoms with Crippen LogP contribution in [0.1, 0.15) is 18.9 Å². The van der Waals surface area contributed by atoms with Crippen LogP contribution in [0.25, 0.3) is 0 Å². The van der Waals surface area contributed by atoms with Crippen molar-refractivity contribution in [2.45, 2.75) is 25.2 Å². The summed E-state index contributed by atoms with van der Waals surface area (Å²) < 4.78 is 27.3. The lowest BCUT2D eigenvalue weighted by Crippen LogP contribution is -2.29. The van der Waals surface area contributed by atoms with Crippen LogP contribution < -0.4 is 4.72 Å². The summed E-state index contributed by atoms with van der Waals surface area (Å²) in [7, 11) is -3.51. The molecule has 18 heavy (non-hydrogen) atoms. The molecule has 0 saturated carbocycles. The molecule has 0 bridgehead atoms. The number of nitrogens with one attached hydrogen (secondary N) is 1. The highest BCUT2D eigenvalue weighted by atomic mass is 79.9. The van der Waals surface area contributed by atoms with Gasteiger partial charge in [0.25, 0.3) is 0 Å². The Morgan fingerprint density at radius 2 is 2.11 bits per heavy atom. The van der Waals surface area contributed by atoms with Crippen molar-refractivity contribution in [3.8, 4) is 0 Å². The fourth-order valence-corrected chi connectivity index (χ4v) is 3.68. The summed E-state index contributed by atoms with van der Waals surface area (Å²) in [6.45, 7) is 4.13. The van der Waals surface area contributed by atoms with E-state index in [-0.39, 0.29) is 17.4 Å². The second-order valence-electron chi connectivity index (χ2n) is 4.40. The smallest absolute Gasteiger partial charge is 0.241 e. The van der Waals surface area contributed by atoms with Gasteiger partial charge in [0, 0.05) is 17.6 Å². The number of rotatable bonds is 6. The minimum absolute atomic E-state index is 0.0665. The highest BCUT2D eigenvalue weighted by molar-refractivity contribution is 9.10. The van der Waals surface area contributed by atoms with E-state index in [1.165, 1.54) is 0 Å².